The third-order valence-electron chi connectivity index (χ3n) is 3.75. The van der Waals surface area contributed by atoms with E-state index in [2.05, 4.69) is 29.9 Å². The van der Waals surface area contributed by atoms with Crippen LogP contribution in [0.4, 0.5) is 10.1 Å². The maximum atomic E-state index is 15.1. The van der Waals surface area contributed by atoms with E-state index in [1.807, 2.05) is 39.0 Å². The van der Waals surface area contributed by atoms with Crippen molar-refractivity contribution in [2.45, 2.75) is 40.4 Å². The van der Waals surface area contributed by atoms with Gasteiger partial charge in [-0.1, -0.05) is 58.6 Å². The van der Waals surface area contributed by atoms with Crippen molar-refractivity contribution in [2.24, 2.45) is 5.41 Å². The van der Waals surface area contributed by atoms with Crippen LogP contribution in [0.25, 0.3) is 11.1 Å². The molecule has 1 amide bonds. The van der Waals surface area contributed by atoms with E-state index in [1.165, 1.54) is 0 Å². The van der Waals surface area contributed by atoms with E-state index in [1.54, 1.807) is 18.3 Å². The lowest BCUT2D eigenvalue weighted by Crippen LogP contribution is -2.42. The minimum Gasteiger partial charge on any atom is -0.325 e. The molecule has 0 unspecified atom stereocenters. The molecule has 0 spiro atoms. The van der Waals surface area contributed by atoms with Crippen LogP contribution in [0.2, 0.25) is 19.6 Å². The van der Waals surface area contributed by atoms with Crippen LogP contribution in [-0.4, -0.2) is 19.0 Å². The number of pyridine rings is 1. The molecule has 2 rings (SSSR count). The lowest BCUT2D eigenvalue weighted by atomic mass is 9.95. The standard InChI is InChI=1S/C19H25FN2OSi/c1-19(2,3)18(23)22-15-10-8-7-9-13(15)14-11-12-21-17(16(14)20)24(4,5)6/h7-12H,1-6H3,(H,22,23). The summed E-state index contributed by atoms with van der Waals surface area (Å²) in [5.74, 6) is -0.385. The average molecular weight is 345 g/mol. The second-order valence-electron chi connectivity index (χ2n) is 8.02. The highest BCUT2D eigenvalue weighted by Gasteiger charge is 2.26. The number of hydrogen-bond donors (Lipinski definition) is 1. The number of anilines is 1. The number of nitrogens with zero attached hydrogens (tertiary/aromatic N) is 1. The van der Waals surface area contributed by atoms with Gasteiger partial charge in [0.2, 0.25) is 5.91 Å². The Balaban J connectivity index is 2.54. The number of hydrogen-bond acceptors (Lipinski definition) is 2. The molecule has 0 fully saturated rings. The molecular weight excluding hydrogens is 319 g/mol. The molecule has 0 bridgehead atoms. The van der Waals surface area contributed by atoms with Crippen molar-refractivity contribution in [1.29, 1.82) is 0 Å². The summed E-state index contributed by atoms with van der Waals surface area (Å²) in [6.45, 7) is 11.7. The SMILES string of the molecule is CC(C)(C)C(=O)Nc1ccccc1-c1ccnc([Si](C)(C)C)c1F. The first-order chi connectivity index (χ1) is 11.0. The minimum absolute atomic E-state index is 0.102. The summed E-state index contributed by atoms with van der Waals surface area (Å²) in [6.07, 6.45) is 1.65. The zero-order valence-corrected chi connectivity index (χ0v) is 16.2. The molecule has 128 valence electrons. The first kappa shape index (κ1) is 18.3. The molecule has 0 aliphatic rings. The van der Waals surface area contributed by atoms with Crippen LogP contribution < -0.4 is 10.6 Å². The van der Waals surface area contributed by atoms with Gasteiger partial charge >= 0.3 is 0 Å². The van der Waals surface area contributed by atoms with E-state index in [9.17, 15) is 4.79 Å². The minimum atomic E-state index is -1.89. The van der Waals surface area contributed by atoms with Crippen LogP contribution in [0.5, 0.6) is 0 Å². The summed E-state index contributed by atoms with van der Waals surface area (Å²) in [6, 6.07) is 8.97. The van der Waals surface area contributed by atoms with Crippen LogP contribution >= 0.6 is 0 Å². The van der Waals surface area contributed by atoms with Gasteiger partial charge in [-0.2, -0.15) is 0 Å². The fourth-order valence-corrected chi connectivity index (χ4v) is 3.57. The molecule has 3 nitrogen and oxygen atoms in total. The van der Waals surface area contributed by atoms with E-state index in [0.717, 1.165) is 0 Å². The van der Waals surface area contributed by atoms with Crippen molar-refractivity contribution < 1.29 is 9.18 Å². The Hall–Kier alpha value is -2.01. The molecule has 0 aliphatic heterocycles. The Kier molecular flexibility index (Phi) is 4.94. The number of carbonyl (C=O) groups is 1. The number of carbonyl (C=O) groups excluding carboxylic acids is 1. The van der Waals surface area contributed by atoms with Crippen molar-refractivity contribution in [3.8, 4) is 11.1 Å². The van der Waals surface area contributed by atoms with E-state index in [4.69, 9.17) is 0 Å². The van der Waals surface area contributed by atoms with Crippen molar-refractivity contribution >= 4 is 25.0 Å². The summed E-state index contributed by atoms with van der Waals surface area (Å²) >= 11 is 0. The quantitative estimate of drug-likeness (QED) is 0.838. The number of halogens is 1. The molecule has 0 atom stereocenters. The maximum absolute atomic E-state index is 15.1. The molecule has 1 heterocycles. The molecule has 0 aliphatic carbocycles. The van der Waals surface area contributed by atoms with Crippen LogP contribution in [0.15, 0.2) is 36.5 Å². The Morgan fingerprint density at radius 2 is 1.71 bits per heavy atom. The molecule has 0 radical (unpaired) electrons. The number of aromatic nitrogens is 1. The molecule has 0 saturated heterocycles. The molecule has 24 heavy (non-hydrogen) atoms. The molecule has 2 aromatic rings. The molecule has 1 aromatic carbocycles. The molecular formula is C19H25FN2OSi. The summed E-state index contributed by atoms with van der Waals surface area (Å²) in [4.78, 5) is 16.6. The largest absolute Gasteiger partial charge is 0.325 e. The van der Waals surface area contributed by atoms with Gasteiger partial charge in [0.05, 0.1) is 5.32 Å². The molecule has 5 heteroatoms. The van der Waals surface area contributed by atoms with Crippen LogP contribution in [0, 0.1) is 11.2 Å². The number of para-hydroxylation sites is 1. The summed E-state index contributed by atoms with van der Waals surface area (Å²) in [7, 11) is -1.89. The fourth-order valence-electron chi connectivity index (χ4n) is 2.31. The third kappa shape index (κ3) is 3.90. The highest BCUT2D eigenvalue weighted by atomic mass is 28.3. The van der Waals surface area contributed by atoms with Crippen molar-refractivity contribution in [3.63, 3.8) is 0 Å². The van der Waals surface area contributed by atoms with Crippen LogP contribution in [0.1, 0.15) is 20.8 Å². The van der Waals surface area contributed by atoms with E-state index in [0.29, 0.717) is 22.1 Å². The molecule has 0 saturated carbocycles. The second-order valence-corrected chi connectivity index (χ2v) is 13.0. The van der Waals surface area contributed by atoms with Gasteiger partial charge in [0, 0.05) is 28.4 Å². The van der Waals surface area contributed by atoms with Gasteiger partial charge in [0.15, 0.2) is 0 Å². The van der Waals surface area contributed by atoms with Gasteiger partial charge in [0.1, 0.15) is 13.9 Å². The van der Waals surface area contributed by atoms with Crippen molar-refractivity contribution in [3.05, 3.63) is 42.3 Å². The predicted molar refractivity (Wildman–Crippen MR) is 101 cm³/mol. The fraction of sp³-hybridized carbons (Fsp3) is 0.368. The van der Waals surface area contributed by atoms with Crippen molar-refractivity contribution in [1.82, 2.24) is 4.98 Å². The smallest absolute Gasteiger partial charge is 0.229 e. The Labute approximate surface area is 144 Å². The predicted octanol–water partition coefficient (Wildman–Crippen LogP) is 4.42. The highest BCUT2D eigenvalue weighted by molar-refractivity contribution is 6.88. The van der Waals surface area contributed by atoms with E-state index in [-0.39, 0.29) is 11.7 Å². The maximum Gasteiger partial charge on any atom is 0.229 e. The van der Waals surface area contributed by atoms with Gasteiger partial charge in [-0.05, 0) is 12.1 Å². The first-order valence-electron chi connectivity index (χ1n) is 8.07. The molecule has 1 N–H and O–H groups in total. The van der Waals surface area contributed by atoms with Gasteiger partial charge in [-0.15, -0.1) is 0 Å². The zero-order valence-electron chi connectivity index (χ0n) is 15.2. The Bertz CT molecular complexity index is 761. The van der Waals surface area contributed by atoms with Crippen LogP contribution in [0.3, 0.4) is 0 Å². The Morgan fingerprint density at radius 3 is 2.29 bits per heavy atom. The van der Waals surface area contributed by atoms with Gasteiger partial charge in [-0.25, -0.2) is 4.39 Å². The second kappa shape index (κ2) is 6.47. The number of nitrogens with one attached hydrogen (secondary N) is 1. The van der Waals surface area contributed by atoms with Gasteiger partial charge in [-0.3, -0.25) is 9.78 Å². The van der Waals surface area contributed by atoms with Crippen LogP contribution in [-0.2, 0) is 4.79 Å². The van der Waals surface area contributed by atoms with Gasteiger partial charge < -0.3 is 5.32 Å². The van der Waals surface area contributed by atoms with E-state index < -0.39 is 13.5 Å². The zero-order chi connectivity index (χ0) is 18.1. The molecule has 1 aromatic heterocycles. The normalized spacial score (nSPS) is 12.1. The summed E-state index contributed by atoms with van der Waals surface area (Å²) in [5.41, 5.74) is 1.25. The monoisotopic (exact) mass is 344 g/mol. The average Bonchev–Trinajstić information content (AvgIpc) is 2.46. The first-order valence-corrected chi connectivity index (χ1v) is 11.6. The van der Waals surface area contributed by atoms with E-state index >= 15 is 4.39 Å². The number of rotatable bonds is 3. The summed E-state index contributed by atoms with van der Waals surface area (Å²) in [5, 5.41) is 3.47. The number of amides is 1. The third-order valence-corrected chi connectivity index (χ3v) is 5.52. The Morgan fingerprint density at radius 1 is 1.08 bits per heavy atom. The van der Waals surface area contributed by atoms with Crippen molar-refractivity contribution in [2.75, 3.05) is 5.32 Å². The lowest BCUT2D eigenvalue weighted by Gasteiger charge is -2.21. The lowest BCUT2D eigenvalue weighted by molar-refractivity contribution is -0.123. The van der Waals surface area contributed by atoms with Gasteiger partial charge in [0.25, 0.3) is 0 Å². The summed E-state index contributed by atoms with van der Waals surface area (Å²) < 4.78 is 15.1. The topological polar surface area (TPSA) is 42.0 Å². The highest BCUT2D eigenvalue weighted by Crippen LogP contribution is 2.30. The number of benzene rings is 1.